The molecule has 3 aromatic rings. The number of allylic oxidation sites excluding steroid dienone is 1. The number of esters is 1. The number of hydrazone groups is 1. The zero-order valence-corrected chi connectivity index (χ0v) is 22.2. The van der Waals surface area contributed by atoms with E-state index in [-0.39, 0.29) is 29.2 Å². The number of carbonyl (C=O) groups is 4. The number of carboxylic acids is 1. The molecule has 0 bridgehead atoms. The van der Waals surface area contributed by atoms with Gasteiger partial charge in [-0.1, -0.05) is 18.2 Å². The number of nitrogens with zero attached hydrogens (tertiary/aromatic N) is 1. The van der Waals surface area contributed by atoms with E-state index in [0.29, 0.717) is 28.3 Å². The standard InChI is InChI=1S/C28H26N4O9/c1-15-24(27(36)39-3)25(31-28(37)30-15)18-8-10-21(22(12-18)38-2)40-14-23(33)32-29-13-19-9-11-20(41-19)16-4-6-17(7-5-16)26(34)35/h4-13,25H,14H2,1-3H3,(H,32,33)(H,34,35)(H2,30,31,37)/b29-13-/t25-/m0/s1. The summed E-state index contributed by atoms with van der Waals surface area (Å²) in [5.41, 5.74) is 4.31. The van der Waals surface area contributed by atoms with E-state index in [1.54, 1.807) is 49.4 Å². The quantitative estimate of drug-likeness (QED) is 0.164. The molecule has 0 radical (unpaired) electrons. The van der Waals surface area contributed by atoms with Gasteiger partial charge in [-0.15, -0.1) is 0 Å². The summed E-state index contributed by atoms with van der Waals surface area (Å²) in [6.07, 6.45) is 1.31. The molecule has 41 heavy (non-hydrogen) atoms. The summed E-state index contributed by atoms with van der Waals surface area (Å²) in [4.78, 5) is 47.7. The van der Waals surface area contributed by atoms with Crippen molar-refractivity contribution in [1.82, 2.24) is 16.1 Å². The largest absolute Gasteiger partial charge is 0.493 e. The van der Waals surface area contributed by atoms with E-state index in [1.165, 1.54) is 32.6 Å². The lowest BCUT2D eigenvalue weighted by molar-refractivity contribution is -0.136. The van der Waals surface area contributed by atoms with E-state index in [0.717, 1.165) is 0 Å². The first-order chi connectivity index (χ1) is 19.7. The Bertz CT molecular complexity index is 1540. The average molecular weight is 563 g/mol. The minimum absolute atomic E-state index is 0.163. The summed E-state index contributed by atoms with van der Waals surface area (Å²) >= 11 is 0. The zero-order valence-electron chi connectivity index (χ0n) is 22.2. The SMILES string of the molecule is COC(=O)C1=C(C)NC(=O)N[C@H]1c1ccc(OCC(=O)N/N=C\c2ccc(-c3ccc(C(=O)O)cc3)o2)c(OC)c1. The van der Waals surface area contributed by atoms with E-state index < -0.39 is 29.9 Å². The third kappa shape index (κ3) is 6.71. The third-order valence-corrected chi connectivity index (χ3v) is 5.98. The molecule has 1 aromatic heterocycles. The number of methoxy groups -OCH3 is 2. The Labute approximate surface area is 233 Å². The van der Waals surface area contributed by atoms with Crippen LogP contribution in [0.25, 0.3) is 11.3 Å². The van der Waals surface area contributed by atoms with Gasteiger partial charge in [0.05, 0.1) is 37.6 Å². The Hall–Kier alpha value is -5.59. The van der Waals surface area contributed by atoms with Crippen molar-refractivity contribution >= 4 is 30.1 Å². The van der Waals surface area contributed by atoms with Crippen molar-refractivity contribution < 1.29 is 42.9 Å². The molecule has 13 nitrogen and oxygen atoms in total. The molecule has 2 aromatic carbocycles. The van der Waals surface area contributed by atoms with Crippen LogP contribution < -0.4 is 25.5 Å². The molecule has 0 unspecified atom stereocenters. The molecule has 0 aliphatic carbocycles. The number of benzene rings is 2. The summed E-state index contributed by atoms with van der Waals surface area (Å²) in [6.45, 7) is 1.21. The molecule has 0 saturated carbocycles. The number of nitrogens with one attached hydrogen (secondary N) is 3. The first kappa shape index (κ1) is 28.4. The Morgan fingerprint density at radius 1 is 1.07 bits per heavy atom. The number of aromatic carboxylic acids is 1. The molecular formula is C28H26N4O9. The number of carboxylic acid groups (broad SMARTS) is 1. The van der Waals surface area contributed by atoms with Crippen LogP contribution in [0.3, 0.4) is 0 Å². The smallest absolute Gasteiger partial charge is 0.337 e. The molecule has 1 aliphatic rings. The zero-order chi connectivity index (χ0) is 29.5. The van der Waals surface area contributed by atoms with Crippen molar-refractivity contribution in [2.24, 2.45) is 5.10 Å². The topological polar surface area (TPSA) is 178 Å². The van der Waals surface area contributed by atoms with Gasteiger partial charge in [-0.05, 0) is 48.9 Å². The fourth-order valence-corrected chi connectivity index (χ4v) is 4.01. The van der Waals surface area contributed by atoms with E-state index in [4.69, 9.17) is 23.7 Å². The Morgan fingerprint density at radius 2 is 1.83 bits per heavy atom. The molecule has 4 N–H and O–H groups in total. The molecule has 1 aliphatic heterocycles. The molecule has 1 atom stereocenters. The van der Waals surface area contributed by atoms with Gasteiger partial charge in [0.25, 0.3) is 5.91 Å². The van der Waals surface area contributed by atoms with Crippen LogP contribution in [0.4, 0.5) is 4.79 Å². The fraction of sp³-hybridized carbons (Fsp3) is 0.179. The number of amides is 3. The molecule has 13 heteroatoms. The minimum atomic E-state index is -1.02. The van der Waals surface area contributed by atoms with Crippen LogP contribution in [0.5, 0.6) is 11.5 Å². The molecule has 3 amide bonds. The number of furan rings is 1. The highest BCUT2D eigenvalue weighted by Crippen LogP contribution is 2.34. The lowest BCUT2D eigenvalue weighted by Gasteiger charge is -2.28. The third-order valence-electron chi connectivity index (χ3n) is 5.98. The summed E-state index contributed by atoms with van der Waals surface area (Å²) in [7, 11) is 2.66. The summed E-state index contributed by atoms with van der Waals surface area (Å²) < 4.78 is 21.5. The first-order valence-corrected chi connectivity index (χ1v) is 12.1. The van der Waals surface area contributed by atoms with Gasteiger partial charge in [0, 0.05) is 11.3 Å². The molecule has 0 fully saturated rings. The highest BCUT2D eigenvalue weighted by Gasteiger charge is 2.32. The van der Waals surface area contributed by atoms with Gasteiger partial charge in [-0.2, -0.15) is 5.10 Å². The maximum absolute atomic E-state index is 12.3. The summed E-state index contributed by atoms with van der Waals surface area (Å²) in [5.74, 6) is -0.790. The maximum Gasteiger partial charge on any atom is 0.337 e. The molecule has 212 valence electrons. The Kier molecular flexibility index (Phi) is 8.67. The van der Waals surface area contributed by atoms with Gasteiger partial charge in [0.2, 0.25) is 0 Å². The van der Waals surface area contributed by atoms with E-state index >= 15 is 0 Å². The van der Waals surface area contributed by atoms with Gasteiger partial charge in [0.15, 0.2) is 18.1 Å². The normalized spacial score (nSPS) is 14.7. The van der Waals surface area contributed by atoms with Gasteiger partial charge >= 0.3 is 18.0 Å². The second-order valence-corrected chi connectivity index (χ2v) is 8.64. The van der Waals surface area contributed by atoms with Crippen LogP contribution >= 0.6 is 0 Å². The van der Waals surface area contributed by atoms with Gasteiger partial charge in [0.1, 0.15) is 11.5 Å². The highest BCUT2D eigenvalue weighted by atomic mass is 16.5. The predicted octanol–water partition coefficient (Wildman–Crippen LogP) is 2.98. The fourth-order valence-electron chi connectivity index (χ4n) is 4.01. The van der Waals surface area contributed by atoms with Crippen LogP contribution in [-0.4, -0.2) is 56.0 Å². The summed E-state index contributed by atoms with van der Waals surface area (Å²) in [5, 5.41) is 18.1. The Balaban J connectivity index is 1.36. The molecular weight excluding hydrogens is 536 g/mol. The maximum atomic E-state index is 12.3. The summed E-state index contributed by atoms with van der Waals surface area (Å²) in [6, 6.07) is 13.0. The van der Waals surface area contributed by atoms with E-state index in [2.05, 4.69) is 21.2 Å². The number of rotatable bonds is 10. The minimum Gasteiger partial charge on any atom is -0.493 e. The number of hydrogen-bond donors (Lipinski definition) is 4. The average Bonchev–Trinajstić information content (AvgIpc) is 3.44. The number of carbonyl (C=O) groups excluding carboxylic acids is 3. The van der Waals surface area contributed by atoms with Crippen molar-refractivity contribution in [2.75, 3.05) is 20.8 Å². The van der Waals surface area contributed by atoms with Crippen molar-refractivity contribution in [3.8, 4) is 22.8 Å². The van der Waals surface area contributed by atoms with E-state index in [9.17, 15) is 19.2 Å². The number of ether oxygens (including phenoxy) is 3. The lowest BCUT2D eigenvalue weighted by Crippen LogP contribution is -2.45. The first-order valence-electron chi connectivity index (χ1n) is 12.1. The second-order valence-electron chi connectivity index (χ2n) is 8.64. The second kappa shape index (κ2) is 12.5. The van der Waals surface area contributed by atoms with Crippen molar-refractivity contribution in [1.29, 1.82) is 0 Å². The molecule has 4 rings (SSSR count). The lowest BCUT2D eigenvalue weighted by atomic mass is 9.95. The van der Waals surface area contributed by atoms with Gasteiger partial charge in [-0.3, -0.25) is 4.79 Å². The van der Waals surface area contributed by atoms with Crippen molar-refractivity contribution in [2.45, 2.75) is 13.0 Å². The van der Waals surface area contributed by atoms with Gasteiger partial charge in [-0.25, -0.2) is 19.8 Å². The molecule has 0 saturated heterocycles. The Morgan fingerprint density at radius 3 is 2.51 bits per heavy atom. The molecule has 2 heterocycles. The van der Waals surface area contributed by atoms with Crippen LogP contribution in [0.2, 0.25) is 0 Å². The highest BCUT2D eigenvalue weighted by molar-refractivity contribution is 5.95. The molecule has 0 spiro atoms. The van der Waals surface area contributed by atoms with Crippen molar-refractivity contribution in [3.63, 3.8) is 0 Å². The van der Waals surface area contributed by atoms with Crippen molar-refractivity contribution in [3.05, 3.63) is 82.8 Å². The van der Waals surface area contributed by atoms with Crippen LogP contribution in [0.15, 0.2) is 75.4 Å². The van der Waals surface area contributed by atoms with E-state index in [1.807, 2.05) is 0 Å². The number of urea groups is 1. The van der Waals surface area contributed by atoms with Gasteiger partial charge < -0.3 is 34.4 Å². The van der Waals surface area contributed by atoms with Crippen LogP contribution in [0.1, 0.15) is 34.6 Å². The monoisotopic (exact) mass is 562 g/mol. The predicted molar refractivity (Wildman–Crippen MR) is 144 cm³/mol. The van der Waals surface area contributed by atoms with Crippen LogP contribution in [-0.2, 0) is 14.3 Å². The number of hydrogen-bond acceptors (Lipinski definition) is 9. The van der Waals surface area contributed by atoms with Crippen LogP contribution in [0, 0.1) is 0 Å².